The minimum absolute atomic E-state index is 0. The number of hydrogen-bond acceptors (Lipinski definition) is 2. The fourth-order valence-electron chi connectivity index (χ4n) is 3.19. The van der Waals surface area contributed by atoms with Gasteiger partial charge in [-0.2, -0.15) is 0 Å². The Balaban J connectivity index is 0.00000182. The molecule has 0 saturated heterocycles. The number of carbonyl (C=O) groups is 1. The molecule has 1 aromatic heterocycles. The van der Waals surface area contributed by atoms with Crippen molar-refractivity contribution in [2.24, 2.45) is 0 Å². The van der Waals surface area contributed by atoms with Gasteiger partial charge in [-0.3, -0.25) is 10.1 Å². The molecule has 3 aromatic rings. The highest BCUT2D eigenvalue weighted by molar-refractivity contribution is 5.95. The molecule has 1 N–H and O–H groups in total. The highest BCUT2D eigenvalue weighted by Crippen LogP contribution is 2.20. The summed E-state index contributed by atoms with van der Waals surface area (Å²) < 4.78 is 2.01. The second kappa shape index (κ2) is 7.62. The maximum Gasteiger partial charge on any atom is 0.278 e. The van der Waals surface area contributed by atoms with Crippen molar-refractivity contribution in [3.05, 3.63) is 84.1 Å². The maximum atomic E-state index is 12.6. The minimum Gasteiger partial charge on any atom is -1.00 e. The van der Waals surface area contributed by atoms with Crippen molar-refractivity contribution in [1.82, 2.24) is 0 Å². The van der Waals surface area contributed by atoms with Crippen LogP contribution < -0.4 is 26.9 Å². The summed E-state index contributed by atoms with van der Waals surface area (Å²) in [7, 11) is 0. The number of benzene rings is 2. The highest BCUT2D eigenvalue weighted by Gasteiger charge is 2.22. The molecule has 0 radical (unpaired) electrons. The first-order valence-electron chi connectivity index (χ1n) is 8.25. The van der Waals surface area contributed by atoms with Gasteiger partial charge >= 0.3 is 0 Å². The van der Waals surface area contributed by atoms with Gasteiger partial charge < -0.3 is 17.0 Å². The van der Waals surface area contributed by atoms with Crippen LogP contribution in [0.15, 0.2) is 72.9 Å². The molecule has 0 saturated carbocycles. The van der Waals surface area contributed by atoms with Crippen molar-refractivity contribution in [2.45, 2.75) is 13.0 Å². The van der Waals surface area contributed by atoms with E-state index in [2.05, 4.69) is 23.5 Å². The minimum atomic E-state index is 0. The molecule has 0 spiro atoms. The molecule has 1 aliphatic heterocycles. The predicted octanol–water partition coefficient (Wildman–Crippen LogP) is 0.496. The van der Waals surface area contributed by atoms with Crippen LogP contribution >= 0.6 is 0 Å². The van der Waals surface area contributed by atoms with E-state index in [1.807, 2.05) is 59.3 Å². The zero-order valence-corrected chi connectivity index (χ0v) is 15.4. The fraction of sp³-hybridized carbons (Fsp3) is 0.143. The number of nitrogens with zero attached hydrogens (tertiary/aromatic N) is 1. The lowest BCUT2D eigenvalue weighted by atomic mass is 10.0. The first-order chi connectivity index (χ1) is 11.8. The van der Waals surface area contributed by atoms with Crippen LogP contribution in [0.5, 0.6) is 0 Å². The van der Waals surface area contributed by atoms with E-state index < -0.39 is 0 Å². The van der Waals surface area contributed by atoms with Gasteiger partial charge in [-0.1, -0.05) is 54.6 Å². The summed E-state index contributed by atoms with van der Waals surface area (Å²) in [4.78, 5) is 12.6. The molecule has 126 valence electrons. The molecule has 2 aromatic carbocycles. The Labute approximate surface area is 158 Å². The van der Waals surface area contributed by atoms with Crippen LogP contribution in [0.3, 0.4) is 0 Å². The zero-order valence-electron chi connectivity index (χ0n) is 13.8. The van der Waals surface area contributed by atoms with Crippen LogP contribution in [0.4, 0.5) is 5.82 Å². The normalized spacial score (nSPS) is 12.0. The van der Waals surface area contributed by atoms with Gasteiger partial charge in [-0.05, 0) is 23.3 Å². The molecule has 0 bridgehead atoms. The molecule has 0 amide bonds. The fourth-order valence-corrected chi connectivity index (χ4v) is 3.19. The smallest absolute Gasteiger partial charge is 0.278 e. The molecular weight excluding hydrogens is 376 g/mol. The van der Waals surface area contributed by atoms with Crippen LogP contribution in [0.2, 0.25) is 0 Å². The van der Waals surface area contributed by atoms with E-state index in [1.54, 1.807) is 0 Å². The SMILES string of the molecule is O=C(C[n+]1cccc2c1NCC2)c1ccc(-c2ccccc2)cc1.[Br-]. The maximum absolute atomic E-state index is 12.6. The van der Waals surface area contributed by atoms with Gasteiger partial charge in [0, 0.05) is 17.5 Å². The largest absolute Gasteiger partial charge is 1.00 e. The van der Waals surface area contributed by atoms with E-state index in [0.717, 1.165) is 35.5 Å². The van der Waals surface area contributed by atoms with Crippen molar-refractivity contribution >= 4 is 11.6 Å². The summed E-state index contributed by atoms with van der Waals surface area (Å²) in [5.74, 6) is 1.20. The van der Waals surface area contributed by atoms with Crippen LogP contribution in [0.25, 0.3) is 11.1 Å². The number of hydrogen-bond donors (Lipinski definition) is 1. The van der Waals surface area contributed by atoms with Crippen molar-refractivity contribution in [3.8, 4) is 11.1 Å². The average Bonchev–Trinajstić information content (AvgIpc) is 3.12. The predicted molar refractivity (Wildman–Crippen MR) is 95.0 cm³/mol. The van der Waals surface area contributed by atoms with Crippen LogP contribution in [-0.2, 0) is 13.0 Å². The van der Waals surface area contributed by atoms with E-state index in [9.17, 15) is 4.79 Å². The van der Waals surface area contributed by atoms with E-state index in [1.165, 1.54) is 5.56 Å². The first-order valence-corrected chi connectivity index (χ1v) is 8.25. The molecule has 1 aliphatic rings. The Kier molecular flexibility index (Phi) is 5.29. The van der Waals surface area contributed by atoms with Gasteiger partial charge in [0.05, 0.1) is 12.7 Å². The van der Waals surface area contributed by atoms with Crippen molar-refractivity contribution in [3.63, 3.8) is 0 Å². The van der Waals surface area contributed by atoms with Crippen molar-refractivity contribution in [2.75, 3.05) is 11.9 Å². The third kappa shape index (κ3) is 3.64. The molecule has 4 rings (SSSR count). The molecule has 0 fully saturated rings. The Hall–Kier alpha value is -2.46. The summed E-state index contributed by atoms with van der Waals surface area (Å²) in [6, 6.07) is 22.2. The molecule has 0 atom stereocenters. The summed E-state index contributed by atoms with van der Waals surface area (Å²) in [6.07, 6.45) is 2.99. The van der Waals surface area contributed by atoms with Crippen molar-refractivity contribution < 1.29 is 26.3 Å². The van der Waals surface area contributed by atoms with Gasteiger partial charge in [-0.15, -0.1) is 0 Å². The number of rotatable bonds is 4. The van der Waals surface area contributed by atoms with Gasteiger partial charge in [0.15, 0.2) is 6.54 Å². The van der Waals surface area contributed by atoms with E-state index in [-0.39, 0.29) is 22.8 Å². The number of halogens is 1. The molecule has 3 nitrogen and oxygen atoms in total. The van der Waals surface area contributed by atoms with Gasteiger partial charge in [0.25, 0.3) is 5.82 Å². The molecule has 0 unspecified atom stereocenters. The molecular formula is C21H19BrN2O. The standard InChI is InChI=1S/C21H18N2O.BrH/c24-20(15-23-14-4-7-19-12-13-22-21(19)23)18-10-8-17(9-11-18)16-5-2-1-3-6-16;/h1-11,14H,12-13,15H2;1H. The summed E-state index contributed by atoms with van der Waals surface area (Å²) >= 11 is 0. The summed E-state index contributed by atoms with van der Waals surface area (Å²) in [5, 5.41) is 3.37. The van der Waals surface area contributed by atoms with Gasteiger partial charge in [0.2, 0.25) is 5.78 Å². The number of ketones is 1. The van der Waals surface area contributed by atoms with Crippen LogP contribution in [-0.4, -0.2) is 12.3 Å². The van der Waals surface area contributed by atoms with E-state index >= 15 is 0 Å². The molecule has 0 aliphatic carbocycles. The number of carbonyl (C=O) groups excluding carboxylic acids is 1. The first kappa shape index (κ1) is 17.4. The zero-order chi connectivity index (χ0) is 16.4. The second-order valence-corrected chi connectivity index (χ2v) is 6.05. The van der Waals surface area contributed by atoms with Gasteiger partial charge in [0.1, 0.15) is 0 Å². The number of Topliss-reactive ketones (excluding diaryl/α,β-unsaturated/α-hetero) is 1. The quantitative estimate of drug-likeness (QED) is 0.516. The lowest BCUT2D eigenvalue weighted by molar-refractivity contribution is -0.669. The summed E-state index contributed by atoms with van der Waals surface area (Å²) in [6.45, 7) is 1.31. The molecule has 25 heavy (non-hydrogen) atoms. The van der Waals surface area contributed by atoms with E-state index in [4.69, 9.17) is 0 Å². The Bertz CT molecular complexity index is 876. The Morgan fingerprint density at radius 2 is 1.64 bits per heavy atom. The number of anilines is 1. The van der Waals surface area contributed by atoms with Crippen LogP contribution in [0.1, 0.15) is 15.9 Å². The van der Waals surface area contributed by atoms with E-state index in [0.29, 0.717) is 6.54 Å². The number of aromatic nitrogens is 1. The Morgan fingerprint density at radius 1 is 0.920 bits per heavy atom. The topological polar surface area (TPSA) is 33.0 Å². The van der Waals surface area contributed by atoms with Gasteiger partial charge in [-0.25, -0.2) is 4.57 Å². The molecule has 2 heterocycles. The third-order valence-electron chi connectivity index (χ3n) is 4.47. The monoisotopic (exact) mass is 394 g/mol. The Morgan fingerprint density at radius 3 is 2.40 bits per heavy atom. The lowest BCUT2D eigenvalue weighted by Gasteiger charge is -2.06. The number of nitrogens with one attached hydrogen (secondary N) is 1. The summed E-state index contributed by atoms with van der Waals surface area (Å²) in [5.41, 5.74) is 4.32. The lowest BCUT2D eigenvalue weighted by Crippen LogP contribution is -3.00. The van der Waals surface area contributed by atoms with Crippen LogP contribution in [0, 0.1) is 0 Å². The highest BCUT2D eigenvalue weighted by atomic mass is 79.9. The third-order valence-corrected chi connectivity index (χ3v) is 4.47. The number of fused-ring (bicyclic) bond motifs is 1. The number of pyridine rings is 1. The van der Waals surface area contributed by atoms with Crippen molar-refractivity contribution in [1.29, 1.82) is 0 Å². The molecule has 4 heteroatoms. The average molecular weight is 395 g/mol. The second-order valence-electron chi connectivity index (χ2n) is 6.05.